The van der Waals surface area contributed by atoms with Crippen LogP contribution in [0.1, 0.15) is 18.4 Å². The first-order valence-electron chi connectivity index (χ1n) is 8.48. The molecule has 6 heteroatoms. The van der Waals surface area contributed by atoms with Crippen molar-refractivity contribution in [2.45, 2.75) is 24.9 Å². The van der Waals surface area contributed by atoms with Gasteiger partial charge in [0.2, 0.25) is 5.91 Å². The van der Waals surface area contributed by atoms with Crippen molar-refractivity contribution in [2.75, 3.05) is 43.2 Å². The molecule has 2 heterocycles. The summed E-state index contributed by atoms with van der Waals surface area (Å²) in [6.07, 6.45) is 0. The number of carbonyl (C=O) groups excluding carboxylic acids is 1. The summed E-state index contributed by atoms with van der Waals surface area (Å²) < 4.78 is 5.27. The Morgan fingerprint density at radius 1 is 1.17 bits per heavy atom. The van der Waals surface area contributed by atoms with Crippen molar-refractivity contribution in [2.24, 2.45) is 0 Å². The van der Waals surface area contributed by atoms with Gasteiger partial charge in [0.1, 0.15) is 5.75 Å². The molecule has 24 heavy (non-hydrogen) atoms. The topological polar surface area (TPSA) is 41.6 Å². The van der Waals surface area contributed by atoms with E-state index in [4.69, 9.17) is 4.74 Å². The summed E-state index contributed by atoms with van der Waals surface area (Å²) in [4.78, 5) is 14.2. The highest BCUT2D eigenvalue weighted by Gasteiger charge is 2.37. The lowest BCUT2D eigenvalue weighted by Crippen LogP contribution is -2.41. The Kier molecular flexibility index (Phi) is 6.36. The van der Waals surface area contributed by atoms with Gasteiger partial charge >= 0.3 is 0 Å². The second-order valence-corrected chi connectivity index (χ2v) is 8.74. The standard InChI is InChI=1S/C18H26N2O2S2/c1-13(21)19-18-10-20(15-11-23-7-8-24-12-15)9-17(18)14-3-5-16(22-2)6-4-14/h3-6,15,17-18H,7-12H2,1-2H3,(H,19,21)/t17-,18+/m0/s1. The quantitative estimate of drug-likeness (QED) is 0.886. The van der Waals surface area contributed by atoms with Gasteiger partial charge in [0, 0.05) is 61.0 Å². The van der Waals surface area contributed by atoms with Crippen molar-refractivity contribution in [3.8, 4) is 5.75 Å². The van der Waals surface area contributed by atoms with Crippen LogP contribution in [0.3, 0.4) is 0 Å². The van der Waals surface area contributed by atoms with Gasteiger partial charge in [0.05, 0.1) is 7.11 Å². The number of hydrogen-bond acceptors (Lipinski definition) is 5. The number of amides is 1. The zero-order chi connectivity index (χ0) is 16.9. The summed E-state index contributed by atoms with van der Waals surface area (Å²) in [6, 6.07) is 9.10. The molecular weight excluding hydrogens is 340 g/mol. The maximum Gasteiger partial charge on any atom is 0.217 e. The normalized spacial score (nSPS) is 26.1. The minimum Gasteiger partial charge on any atom is -0.497 e. The Morgan fingerprint density at radius 2 is 1.83 bits per heavy atom. The van der Waals surface area contributed by atoms with Gasteiger partial charge in [-0.2, -0.15) is 23.5 Å². The molecule has 0 aromatic heterocycles. The maximum atomic E-state index is 11.7. The molecule has 132 valence electrons. The highest BCUT2D eigenvalue weighted by Crippen LogP contribution is 2.32. The Morgan fingerprint density at radius 3 is 2.42 bits per heavy atom. The summed E-state index contributed by atoms with van der Waals surface area (Å²) in [7, 11) is 1.69. The molecule has 1 N–H and O–H groups in total. The van der Waals surface area contributed by atoms with Crippen LogP contribution in [0.4, 0.5) is 0 Å². The summed E-state index contributed by atoms with van der Waals surface area (Å²) >= 11 is 4.12. The Labute approximate surface area is 153 Å². The third-order valence-corrected chi connectivity index (χ3v) is 7.27. The first-order valence-corrected chi connectivity index (χ1v) is 10.8. The molecule has 3 rings (SSSR count). The highest BCUT2D eigenvalue weighted by atomic mass is 32.2. The number of likely N-dealkylation sites (tertiary alicyclic amines) is 1. The average Bonchev–Trinajstić information content (AvgIpc) is 2.81. The van der Waals surface area contributed by atoms with Crippen molar-refractivity contribution in [1.29, 1.82) is 0 Å². The summed E-state index contributed by atoms with van der Waals surface area (Å²) in [5.41, 5.74) is 1.28. The van der Waals surface area contributed by atoms with E-state index in [-0.39, 0.29) is 11.9 Å². The molecule has 2 saturated heterocycles. The molecule has 0 bridgehead atoms. The van der Waals surface area contributed by atoms with E-state index in [1.807, 2.05) is 12.1 Å². The second kappa shape index (κ2) is 8.50. The van der Waals surface area contributed by atoms with E-state index >= 15 is 0 Å². The van der Waals surface area contributed by atoms with Crippen LogP contribution in [0.2, 0.25) is 0 Å². The lowest BCUT2D eigenvalue weighted by Gasteiger charge is -2.26. The zero-order valence-electron chi connectivity index (χ0n) is 14.4. The van der Waals surface area contributed by atoms with Gasteiger partial charge in [-0.25, -0.2) is 0 Å². The van der Waals surface area contributed by atoms with Crippen LogP contribution in [-0.2, 0) is 4.79 Å². The summed E-state index contributed by atoms with van der Waals surface area (Å²) in [6.45, 7) is 3.58. The lowest BCUT2D eigenvalue weighted by molar-refractivity contribution is -0.119. The SMILES string of the molecule is COc1ccc([C@@H]2CN(C3CSCCSC3)C[C@H]2NC(C)=O)cc1. The summed E-state index contributed by atoms with van der Waals surface area (Å²) in [5, 5.41) is 3.18. The summed E-state index contributed by atoms with van der Waals surface area (Å²) in [5.74, 6) is 6.20. The number of nitrogens with zero attached hydrogens (tertiary/aromatic N) is 1. The Bertz CT molecular complexity index is 544. The highest BCUT2D eigenvalue weighted by molar-refractivity contribution is 8.03. The smallest absolute Gasteiger partial charge is 0.217 e. The van der Waals surface area contributed by atoms with E-state index in [1.54, 1.807) is 14.0 Å². The van der Waals surface area contributed by atoms with E-state index in [1.165, 1.54) is 28.6 Å². The van der Waals surface area contributed by atoms with E-state index < -0.39 is 0 Å². The van der Waals surface area contributed by atoms with Crippen molar-refractivity contribution < 1.29 is 9.53 Å². The molecule has 1 amide bonds. The molecule has 2 aliphatic rings. The van der Waals surface area contributed by atoms with Crippen molar-refractivity contribution in [3.63, 3.8) is 0 Å². The number of nitrogens with one attached hydrogen (secondary N) is 1. The van der Waals surface area contributed by atoms with E-state index in [0.29, 0.717) is 12.0 Å². The van der Waals surface area contributed by atoms with Gasteiger partial charge in [0.15, 0.2) is 0 Å². The van der Waals surface area contributed by atoms with E-state index in [0.717, 1.165) is 18.8 Å². The number of benzene rings is 1. The average molecular weight is 367 g/mol. The van der Waals surface area contributed by atoms with E-state index in [2.05, 4.69) is 45.9 Å². The van der Waals surface area contributed by atoms with Crippen molar-refractivity contribution >= 4 is 29.4 Å². The van der Waals surface area contributed by atoms with Crippen molar-refractivity contribution in [3.05, 3.63) is 29.8 Å². The first kappa shape index (κ1) is 18.0. The molecule has 0 aliphatic carbocycles. The van der Waals surface area contributed by atoms with Gasteiger partial charge in [-0.15, -0.1) is 0 Å². The predicted molar refractivity (Wildman–Crippen MR) is 103 cm³/mol. The van der Waals surface area contributed by atoms with Crippen LogP contribution in [0.15, 0.2) is 24.3 Å². The number of thioether (sulfide) groups is 2. The van der Waals surface area contributed by atoms with Gasteiger partial charge in [-0.3, -0.25) is 9.69 Å². The molecule has 2 aliphatic heterocycles. The molecule has 0 radical (unpaired) electrons. The minimum atomic E-state index is 0.0602. The van der Waals surface area contributed by atoms with Gasteiger partial charge in [-0.1, -0.05) is 12.1 Å². The lowest BCUT2D eigenvalue weighted by atomic mass is 9.94. The number of ether oxygens (including phenoxy) is 1. The third kappa shape index (κ3) is 4.41. The van der Waals surface area contributed by atoms with Crippen LogP contribution in [0, 0.1) is 0 Å². The van der Waals surface area contributed by atoms with Crippen LogP contribution in [0.5, 0.6) is 5.75 Å². The fourth-order valence-corrected chi connectivity index (χ4v) is 6.17. The van der Waals surface area contributed by atoms with Crippen molar-refractivity contribution in [1.82, 2.24) is 10.2 Å². The first-order chi connectivity index (χ1) is 11.7. The number of hydrogen-bond donors (Lipinski definition) is 1. The van der Waals surface area contributed by atoms with E-state index in [9.17, 15) is 4.79 Å². The van der Waals surface area contributed by atoms with Gasteiger partial charge in [-0.05, 0) is 17.7 Å². The molecule has 0 unspecified atom stereocenters. The van der Waals surface area contributed by atoms with Gasteiger partial charge in [0.25, 0.3) is 0 Å². The molecule has 0 spiro atoms. The predicted octanol–water partition coefficient (Wildman–Crippen LogP) is 2.45. The van der Waals surface area contributed by atoms with Crippen LogP contribution >= 0.6 is 23.5 Å². The minimum absolute atomic E-state index is 0.0602. The number of carbonyl (C=O) groups is 1. The Balaban J connectivity index is 1.75. The van der Waals surface area contributed by atoms with Crippen LogP contribution < -0.4 is 10.1 Å². The fourth-order valence-electron chi connectivity index (χ4n) is 3.54. The molecule has 2 fully saturated rings. The molecule has 4 nitrogen and oxygen atoms in total. The monoisotopic (exact) mass is 366 g/mol. The molecule has 1 aromatic rings. The fraction of sp³-hybridized carbons (Fsp3) is 0.611. The second-order valence-electron chi connectivity index (χ2n) is 6.44. The largest absolute Gasteiger partial charge is 0.497 e. The van der Waals surface area contributed by atoms with Crippen LogP contribution in [0.25, 0.3) is 0 Å². The number of methoxy groups -OCH3 is 1. The molecule has 1 aromatic carbocycles. The zero-order valence-corrected chi connectivity index (χ0v) is 16.0. The maximum absolute atomic E-state index is 11.7. The Hall–Kier alpha value is -0.850. The van der Waals surface area contributed by atoms with Gasteiger partial charge < -0.3 is 10.1 Å². The molecular formula is C18H26N2O2S2. The van der Waals surface area contributed by atoms with Crippen LogP contribution in [-0.4, -0.2) is 66.1 Å². The molecule has 0 saturated carbocycles. The molecule has 2 atom stereocenters. The third-order valence-electron chi connectivity index (χ3n) is 4.79. The number of rotatable bonds is 4.